The van der Waals surface area contributed by atoms with Crippen LogP contribution in [0.3, 0.4) is 0 Å². The van der Waals surface area contributed by atoms with Gasteiger partial charge in [-0.3, -0.25) is 9.59 Å². The Morgan fingerprint density at radius 2 is 1.64 bits per heavy atom. The molecule has 0 atom stereocenters. The minimum absolute atomic E-state index is 0.151. The number of carbonyl (C=O) groups is 2. The van der Waals surface area contributed by atoms with Crippen LogP contribution in [0.5, 0.6) is 11.5 Å². The molecule has 2 aromatic carbocycles. The fourth-order valence-electron chi connectivity index (χ4n) is 2.57. The van der Waals surface area contributed by atoms with Gasteiger partial charge in [0.05, 0.1) is 0 Å². The fraction of sp³-hybridized carbons (Fsp3) is 0.105. The van der Waals surface area contributed by atoms with E-state index in [0.717, 1.165) is 5.69 Å². The molecule has 0 aliphatic carbocycles. The number of benzene rings is 2. The van der Waals surface area contributed by atoms with Crippen LogP contribution in [0, 0.1) is 0 Å². The molecule has 8 nitrogen and oxygen atoms in total. The molecule has 28 heavy (non-hydrogen) atoms. The summed E-state index contributed by atoms with van der Waals surface area (Å²) in [5.74, 6) is 0.903. The Bertz CT molecular complexity index is 1030. The van der Waals surface area contributed by atoms with Crippen LogP contribution in [0.1, 0.15) is 17.4 Å². The average molecular weight is 396 g/mol. The quantitative estimate of drug-likeness (QED) is 0.606. The Kier molecular flexibility index (Phi) is 4.81. The Labute approximate surface area is 164 Å². The summed E-state index contributed by atoms with van der Waals surface area (Å²) in [5, 5.41) is 10.9. The van der Waals surface area contributed by atoms with Crippen LogP contribution in [0.2, 0.25) is 0 Å². The molecule has 0 spiro atoms. The van der Waals surface area contributed by atoms with Crippen molar-refractivity contribution >= 4 is 45.3 Å². The number of nitrogens with one attached hydrogen (secondary N) is 3. The van der Waals surface area contributed by atoms with Crippen molar-refractivity contribution < 1.29 is 19.1 Å². The van der Waals surface area contributed by atoms with Crippen LogP contribution in [0.4, 0.5) is 22.2 Å². The maximum absolute atomic E-state index is 12.4. The Morgan fingerprint density at radius 3 is 2.39 bits per heavy atom. The van der Waals surface area contributed by atoms with Crippen molar-refractivity contribution in [1.29, 1.82) is 0 Å². The Morgan fingerprint density at radius 1 is 0.964 bits per heavy atom. The van der Waals surface area contributed by atoms with Gasteiger partial charge in [0, 0.05) is 35.4 Å². The summed E-state index contributed by atoms with van der Waals surface area (Å²) in [6, 6.07) is 12.3. The van der Waals surface area contributed by atoms with Gasteiger partial charge in [0.15, 0.2) is 16.6 Å². The number of hydrogen-bond donors (Lipinski definition) is 3. The second-order valence-electron chi connectivity index (χ2n) is 5.94. The summed E-state index contributed by atoms with van der Waals surface area (Å²) in [6.45, 7) is 1.65. The minimum atomic E-state index is -0.317. The van der Waals surface area contributed by atoms with Gasteiger partial charge in [0.25, 0.3) is 5.91 Å². The van der Waals surface area contributed by atoms with Gasteiger partial charge in [-0.25, -0.2) is 4.98 Å². The first-order valence-electron chi connectivity index (χ1n) is 8.38. The summed E-state index contributed by atoms with van der Waals surface area (Å²) in [5.41, 5.74) is 2.37. The first kappa shape index (κ1) is 17.8. The predicted octanol–water partition coefficient (Wildman–Crippen LogP) is 3.83. The molecule has 3 aromatic rings. The highest BCUT2D eigenvalue weighted by Gasteiger charge is 2.15. The van der Waals surface area contributed by atoms with E-state index in [1.165, 1.54) is 18.3 Å². The van der Waals surface area contributed by atoms with Crippen molar-refractivity contribution in [3.8, 4) is 11.5 Å². The van der Waals surface area contributed by atoms with E-state index in [-0.39, 0.29) is 18.6 Å². The summed E-state index contributed by atoms with van der Waals surface area (Å²) < 4.78 is 10.6. The second kappa shape index (κ2) is 7.57. The number of fused-ring (bicyclic) bond motifs is 1. The van der Waals surface area contributed by atoms with Crippen molar-refractivity contribution in [3.05, 3.63) is 53.5 Å². The van der Waals surface area contributed by atoms with Gasteiger partial charge in [-0.05, 0) is 36.4 Å². The zero-order chi connectivity index (χ0) is 19.5. The van der Waals surface area contributed by atoms with E-state index in [1.54, 1.807) is 29.6 Å². The number of carbonyl (C=O) groups excluding carboxylic acids is 2. The van der Waals surface area contributed by atoms with E-state index in [0.29, 0.717) is 33.7 Å². The van der Waals surface area contributed by atoms with E-state index in [1.807, 2.05) is 18.2 Å². The third-order valence-corrected chi connectivity index (χ3v) is 4.58. The second-order valence-corrected chi connectivity index (χ2v) is 6.80. The molecule has 142 valence electrons. The maximum Gasteiger partial charge on any atom is 0.275 e. The molecular formula is C19H16N4O4S. The Hall–Kier alpha value is -3.59. The molecule has 4 rings (SSSR count). The van der Waals surface area contributed by atoms with Gasteiger partial charge in [-0.1, -0.05) is 0 Å². The smallest absolute Gasteiger partial charge is 0.275 e. The number of ether oxygens (including phenoxy) is 2. The number of rotatable bonds is 5. The molecule has 0 saturated carbocycles. The lowest BCUT2D eigenvalue weighted by molar-refractivity contribution is -0.114. The van der Waals surface area contributed by atoms with E-state index in [2.05, 4.69) is 20.9 Å². The molecule has 1 aliphatic rings. The number of hydrogen-bond acceptors (Lipinski definition) is 7. The zero-order valence-electron chi connectivity index (χ0n) is 14.8. The van der Waals surface area contributed by atoms with E-state index in [9.17, 15) is 9.59 Å². The SMILES string of the molecule is CC(=O)Nc1ccc(NC(=O)c2csc(Nc3ccc4c(c3)OCO4)n2)cc1. The van der Waals surface area contributed by atoms with Crippen molar-refractivity contribution in [2.75, 3.05) is 22.7 Å². The van der Waals surface area contributed by atoms with Crippen molar-refractivity contribution in [2.24, 2.45) is 0 Å². The third-order valence-electron chi connectivity index (χ3n) is 3.82. The molecular weight excluding hydrogens is 380 g/mol. The molecule has 9 heteroatoms. The summed E-state index contributed by atoms with van der Waals surface area (Å²) in [7, 11) is 0. The summed E-state index contributed by atoms with van der Waals surface area (Å²) in [4.78, 5) is 27.8. The number of anilines is 4. The number of aromatic nitrogens is 1. The highest BCUT2D eigenvalue weighted by atomic mass is 32.1. The molecule has 2 heterocycles. The summed E-state index contributed by atoms with van der Waals surface area (Å²) in [6.07, 6.45) is 0. The van der Waals surface area contributed by atoms with Crippen molar-refractivity contribution in [2.45, 2.75) is 6.92 Å². The van der Waals surface area contributed by atoms with Crippen LogP contribution in [-0.4, -0.2) is 23.6 Å². The number of thiazole rings is 1. The molecule has 1 aliphatic heterocycles. The normalized spacial score (nSPS) is 11.8. The monoisotopic (exact) mass is 396 g/mol. The van der Waals surface area contributed by atoms with Gasteiger partial charge < -0.3 is 25.4 Å². The van der Waals surface area contributed by atoms with Crippen LogP contribution >= 0.6 is 11.3 Å². The highest BCUT2D eigenvalue weighted by molar-refractivity contribution is 7.14. The minimum Gasteiger partial charge on any atom is -0.454 e. The first-order chi connectivity index (χ1) is 13.6. The maximum atomic E-state index is 12.4. The van der Waals surface area contributed by atoms with E-state index >= 15 is 0 Å². The van der Waals surface area contributed by atoms with Crippen molar-refractivity contribution in [3.63, 3.8) is 0 Å². The average Bonchev–Trinajstić information content (AvgIpc) is 3.32. The molecule has 0 bridgehead atoms. The first-order valence-corrected chi connectivity index (χ1v) is 9.26. The van der Waals surface area contributed by atoms with Crippen LogP contribution < -0.4 is 25.4 Å². The lowest BCUT2D eigenvalue weighted by atomic mass is 10.2. The molecule has 0 radical (unpaired) electrons. The lowest BCUT2D eigenvalue weighted by Crippen LogP contribution is -2.12. The predicted molar refractivity (Wildman–Crippen MR) is 107 cm³/mol. The Balaban J connectivity index is 1.39. The zero-order valence-corrected chi connectivity index (χ0v) is 15.6. The lowest BCUT2D eigenvalue weighted by Gasteiger charge is -2.06. The fourth-order valence-corrected chi connectivity index (χ4v) is 3.28. The molecule has 2 amide bonds. The van der Waals surface area contributed by atoms with Gasteiger partial charge in [-0.15, -0.1) is 11.3 Å². The topological polar surface area (TPSA) is 102 Å². The van der Waals surface area contributed by atoms with Crippen molar-refractivity contribution in [1.82, 2.24) is 4.98 Å². The molecule has 0 unspecified atom stereocenters. The largest absolute Gasteiger partial charge is 0.454 e. The van der Waals surface area contributed by atoms with Gasteiger partial charge in [0.1, 0.15) is 5.69 Å². The highest BCUT2D eigenvalue weighted by Crippen LogP contribution is 2.35. The molecule has 1 aromatic heterocycles. The third kappa shape index (κ3) is 4.04. The van der Waals surface area contributed by atoms with Crippen LogP contribution in [0.15, 0.2) is 47.8 Å². The van der Waals surface area contributed by atoms with Crippen LogP contribution in [0.25, 0.3) is 0 Å². The van der Waals surface area contributed by atoms with Gasteiger partial charge in [0.2, 0.25) is 12.7 Å². The molecule has 0 saturated heterocycles. The number of nitrogens with zero attached hydrogens (tertiary/aromatic N) is 1. The van der Waals surface area contributed by atoms with Crippen LogP contribution in [-0.2, 0) is 4.79 Å². The molecule has 3 N–H and O–H groups in total. The van der Waals surface area contributed by atoms with Gasteiger partial charge in [-0.2, -0.15) is 0 Å². The van der Waals surface area contributed by atoms with E-state index in [4.69, 9.17) is 9.47 Å². The molecule has 0 fully saturated rings. The summed E-state index contributed by atoms with van der Waals surface area (Å²) >= 11 is 1.32. The van der Waals surface area contributed by atoms with E-state index < -0.39 is 0 Å². The number of amides is 2. The standard InChI is InChI=1S/C19H16N4O4S/c1-11(24)20-12-2-4-13(5-3-12)21-18(25)15-9-28-19(23-15)22-14-6-7-16-17(8-14)27-10-26-16/h2-9H,10H2,1H3,(H,20,24)(H,21,25)(H,22,23). The van der Waals surface area contributed by atoms with Gasteiger partial charge >= 0.3 is 0 Å².